The minimum Gasteiger partial charge on any atom is -0.443 e. The Kier molecular flexibility index (Phi) is 5.85. The van der Waals surface area contributed by atoms with E-state index >= 15 is 0 Å². The number of amides is 1. The molecule has 2 aromatic heterocycles. The average molecular weight is 356 g/mol. The smallest absolute Gasteiger partial charge is 0.415 e. The Morgan fingerprint density at radius 3 is 2.58 bits per heavy atom. The predicted octanol–water partition coefficient (Wildman–Crippen LogP) is 4.62. The zero-order valence-electron chi connectivity index (χ0n) is 16.5. The number of hydrogen-bond acceptors (Lipinski definition) is 4. The maximum Gasteiger partial charge on any atom is 0.415 e. The van der Waals surface area contributed by atoms with Crippen molar-refractivity contribution < 1.29 is 9.53 Å². The van der Waals surface area contributed by atoms with E-state index in [0.717, 1.165) is 28.9 Å². The fraction of sp³-hybridized carbons (Fsp3) is 0.450. The molecule has 1 aliphatic heterocycles. The summed E-state index contributed by atoms with van der Waals surface area (Å²) in [5.41, 5.74) is 3.63. The molecule has 6 heteroatoms. The van der Waals surface area contributed by atoms with Crippen LogP contribution in [0.1, 0.15) is 52.8 Å². The summed E-state index contributed by atoms with van der Waals surface area (Å²) in [7, 11) is 0. The van der Waals surface area contributed by atoms with Crippen LogP contribution in [-0.2, 0) is 11.2 Å². The molecule has 2 aromatic rings. The van der Waals surface area contributed by atoms with E-state index < -0.39 is 11.7 Å². The number of anilines is 1. The number of ether oxygens (including phenoxy) is 1. The molecule has 0 radical (unpaired) electrons. The van der Waals surface area contributed by atoms with Crippen LogP contribution in [0.5, 0.6) is 0 Å². The van der Waals surface area contributed by atoms with E-state index in [1.165, 1.54) is 0 Å². The maximum absolute atomic E-state index is 12.5. The monoisotopic (exact) mass is 356 g/mol. The van der Waals surface area contributed by atoms with Crippen molar-refractivity contribution in [2.24, 2.45) is 0 Å². The Morgan fingerprint density at radius 2 is 2.00 bits per heavy atom. The molecule has 3 heterocycles. The predicted molar refractivity (Wildman–Crippen MR) is 105 cm³/mol. The Bertz CT molecular complexity index is 802. The molecule has 1 amide bonds. The highest BCUT2D eigenvalue weighted by atomic mass is 16.6. The topological polar surface area (TPSA) is 60.2 Å². The first-order valence-corrected chi connectivity index (χ1v) is 9.01. The highest BCUT2D eigenvalue weighted by Crippen LogP contribution is 2.35. The number of rotatable bonds is 2. The second kappa shape index (κ2) is 7.72. The van der Waals surface area contributed by atoms with Gasteiger partial charge in [-0.1, -0.05) is 27.4 Å². The minimum atomic E-state index is -0.551. The van der Waals surface area contributed by atoms with Gasteiger partial charge in [-0.2, -0.15) is 5.10 Å². The highest BCUT2D eigenvalue weighted by molar-refractivity contribution is 5.98. The summed E-state index contributed by atoms with van der Waals surface area (Å²) in [4.78, 5) is 18.5. The molecule has 3 rings (SSSR count). The lowest BCUT2D eigenvalue weighted by atomic mass is 10.2. The minimum absolute atomic E-state index is 0.389. The molecule has 0 saturated heterocycles. The van der Waals surface area contributed by atoms with Gasteiger partial charge >= 0.3 is 6.09 Å². The first kappa shape index (κ1) is 19.7. The van der Waals surface area contributed by atoms with Crippen molar-refractivity contribution in [2.45, 2.75) is 53.6 Å². The lowest BCUT2D eigenvalue weighted by Gasteiger charge is -2.24. The third kappa shape index (κ3) is 4.12. The molecule has 0 aliphatic carbocycles. The second-order valence-electron chi connectivity index (χ2n) is 6.88. The van der Waals surface area contributed by atoms with E-state index in [0.29, 0.717) is 12.2 Å². The number of carbonyl (C=O) groups excluding carboxylic acids is 1. The third-order valence-corrected chi connectivity index (χ3v) is 3.75. The number of carbonyl (C=O) groups is 1. The van der Waals surface area contributed by atoms with Gasteiger partial charge in [0, 0.05) is 6.20 Å². The van der Waals surface area contributed by atoms with E-state index in [1.54, 1.807) is 15.8 Å². The van der Waals surface area contributed by atoms with E-state index in [2.05, 4.69) is 23.6 Å². The third-order valence-electron chi connectivity index (χ3n) is 3.75. The molecule has 0 N–H and O–H groups in total. The van der Waals surface area contributed by atoms with Gasteiger partial charge in [0.1, 0.15) is 5.60 Å². The van der Waals surface area contributed by atoms with Gasteiger partial charge in [-0.25, -0.2) is 9.48 Å². The van der Waals surface area contributed by atoms with Crippen LogP contribution < -0.4 is 4.90 Å². The van der Waals surface area contributed by atoms with Crippen LogP contribution in [0.25, 0.3) is 11.3 Å². The summed E-state index contributed by atoms with van der Waals surface area (Å²) < 4.78 is 7.25. The number of pyridine rings is 1. The second-order valence-corrected chi connectivity index (χ2v) is 6.88. The standard InChI is InChI=1S/C18H22N4O2.C2H6/c1-6-13-8-20-22(11-13)14-7-15-16(19-9-14)12(2)10-21(15)17(23)24-18(3,4)5;1-2/h7-9,11H,2,6,10H2,1,3-5H3;1-2H3. The van der Waals surface area contributed by atoms with Gasteiger partial charge in [0.2, 0.25) is 0 Å². The summed E-state index contributed by atoms with van der Waals surface area (Å²) in [6, 6.07) is 1.90. The SMILES string of the molecule is C=C1CN(C(=O)OC(C)(C)C)c2cc(-n3cc(CC)cn3)cnc21.CC. The molecule has 0 fully saturated rings. The van der Waals surface area contributed by atoms with Crippen molar-refractivity contribution in [3.8, 4) is 5.69 Å². The number of fused-ring (bicyclic) bond motifs is 1. The van der Waals surface area contributed by atoms with Gasteiger partial charge in [0.25, 0.3) is 0 Å². The van der Waals surface area contributed by atoms with Crippen LogP contribution in [0.2, 0.25) is 0 Å². The number of aromatic nitrogens is 3. The van der Waals surface area contributed by atoms with Crippen molar-refractivity contribution in [1.29, 1.82) is 0 Å². The fourth-order valence-electron chi connectivity index (χ4n) is 2.56. The maximum atomic E-state index is 12.5. The Labute approximate surface area is 155 Å². The van der Waals surface area contributed by atoms with Crippen molar-refractivity contribution in [3.63, 3.8) is 0 Å². The quantitative estimate of drug-likeness (QED) is 0.787. The molecule has 0 unspecified atom stereocenters. The van der Waals surface area contributed by atoms with E-state index in [-0.39, 0.29) is 0 Å². The average Bonchev–Trinajstić information content (AvgIpc) is 3.20. The van der Waals surface area contributed by atoms with Crippen LogP contribution in [0.4, 0.5) is 10.5 Å². The molecular formula is C20H28N4O2. The van der Waals surface area contributed by atoms with Crippen molar-refractivity contribution in [1.82, 2.24) is 14.8 Å². The molecule has 0 bridgehead atoms. The molecule has 0 aromatic carbocycles. The van der Waals surface area contributed by atoms with Gasteiger partial charge < -0.3 is 4.74 Å². The van der Waals surface area contributed by atoms with Crippen molar-refractivity contribution >= 4 is 17.4 Å². The van der Waals surface area contributed by atoms with Crippen LogP contribution in [0.3, 0.4) is 0 Å². The Balaban J connectivity index is 0.00000117. The van der Waals surface area contributed by atoms with Crippen LogP contribution in [-0.4, -0.2) is 33.0 Å². The number of aryl methyl sites for hydroxylation is 1. The van der Waals surface area contributed by atoms with E-state index in [9.17, 15) is 4.79 Å². The Hall–Kier alpha value is -2.63. The van der Waals surface area contributed by atoms with Crippen LogP contribution >= 0.6 is 0 Å². The van der Waals surface area contributed by atoms with Gasteiger partial charge in [-0.15, -0.1) is 0 Å². The molecular weight excluding hydrogens is 328 g/mol. The van der Waals surface area contributed by atoms with Gasteiger partial charge in [0.15, 0.2) is 0 Å². The first-order valence-electron chi connectivity index (χ1n) is 9.01. The molecule has 140 valence electrons. The zero-order chi connectivity index (χ0) is 19.5. The van der Waals surface area contributed by atoms with Gasteiger partial charge in [-0.3, -0.25) is 9.88 Å². The summed E-state index contributed by atoms with van der Waals surface area (Å²) >= 11 is 0. The molecule has 0 atom stereocenters. The van der Waals surface area contributed by atoms with E-state index in [4.69, 9.17) is 4.74 Å². The molecule has 26 heavy (non-hydrogen) atoms. The molecule has 0 spiro atoms. The Morgan fingerprint density at radius 1 is 1.31 bits per heavy atom. The highest BCUT2D eigenvalue weighted by Gasteiger charge is 2.32. The van der Waals surface area contributed by atoms with Crippen LogP contribution in [0, 0.1) is 0 Å². The normalized spacial score (nSPS) is 13.2. The van der Waals surface area contributed by atoms with Gasteiger partial charge in [0.05, 0.1) is 36.0 Å². The number of hydrogen-bond donors (Lipinski definition) is 0. The lowest BCUT2D eigenvalue weighted by molar-refractivity contribution is 0.0586. The van der Waals surface area contributed by atoms with Crippen molar-refractivity contribution in [2.75, 3.05) is 11.4 Å². The first-order chi connectivity index (χ1) is 12.3. The number of nitrogens with zero attached hydrogens (tertiary/aromatic N) is 4. The molecule has 0 saturated carbocycles. The van der Waals surface area contributed by atoms with Crippen LogP contribution in [0.15, 0.2) is 31.2 Å². The van der Waals surface area contributed by atoms with Crippen molar-refractivity contribution in [3.05, 3.63) is 42.5 Å². The molecule has 1 aliphatic rings. The zero-order valence-corrected chi connectivity index (χ0v) is 16.5. The summed E-state index contributed by atoms with van der Waals surface area (Å²) in [5, 5.41) is 4.35. The summed E-state index contributed by atoms with van der Waals surface area (Å²) in [5.74, 6) is 0. The summed E-state index contributed by atoms with van der Waals surface area (Å²) in [6.07, 6.45) is 6.06. The lowest BCUT2D eigenvalue weighted by Crippen LogP contribution is -2.35. The van der Waals surface area contributed by atoms with Gasteiger partial charge in [-0.05, 0) is 44.4 Å². The fourth-order valence-corrected chi connectivity index (χ4v) is 2.56. The summed E-state index contributed by atoms with van der Waals surface area (Å²) in [6.45, 7) is 16.0. The molecule has 6 nitrogen and oxygen atoms in total. The van der Waals surface area contributed by atoms with E-state index in [1.807, 2.05) is 53.1 Å². The largest absolute Gasteiger partial charge is 0.443 e.